The number of carbonyl (C=O) groups is 2. The van der Waals surface area contributed by atoms with Crippen molar-refractivity contribution in [3.8, 4) is 11.5 Å². The molecule has 2 aromatic carbocycles. The molecule has 0 fully saturated rings. The molecule has 2 N–H and O–H groups in total. The average Bonchev–Trinajstić information content (AvgIpc) is 2.69. The molecule has 0 heterocycles. The van der Waals surface area contributed by atoms with Gasteiger partial charge < -0.3 is 20.1 Å². The second-order valence-corrected chi connectivity index (χ2v) is 6.73. The largest absolute Gasteiger partial charge is 0.490 e. The molecular weight excluding hydrogens is 368 g/mol. The van der Waals surface area contributed by atoms with Crippen molar-refractivity contribution in [3.63, 3.8) is 0 Å². The highest BCUT2D eigenvalue weighted by Crippen LogP contribution is 2.31. The Kier molecular flexibility index (Phi) is 8.52. The van der Waals surface area contributed by atoms with Gasteiger partial charge in [0.1, 0.15) is 0 Å². The Hall–Kier alpha value is -3.02. The summed E-state index contributed by atoms with van der Waals surface area (Å²) in [6.45, 7) is 8.28. The van der Waals surface area contributed by atoms with Gasteiger partial charge in [-0.2, -0.15) is 0 Å². The zero-order valence-corrected chi connectivity index (χ0v) is 17.5. The van der Waals surface area contributed by atoms with Gasteiger partial charge >= 0.3 is 0 Å². The zero-order valence-electron chi connectivity index (χ0n) is 17.5. The van der Waals surface area contributed by atoms with Crippen LogP contribution < -0.4 is 20.1 Å². The van der Waals surface area contributed by atoms with Crippen molar-refractivity contribution >= 4 is 11.8 Å². The zero-order chi connectivity index (χ0) is 21.2. The SMILES string of the molecule is CCOc1ccc(C(C)NC(=O)CC(NC(C)=O)c2ccccc2)cc1OCC. The molecule has 0 radical (unpaired) electrons. The average molecular weight is 399 g/mol. The lowest BCUT2D eigenvalue weighted by molar-refractivity contribution is -0.123. The molecule has 0 saturated heterocycles. The molecule has 0 saturated carbocycles. The summed E-state index contributed by atoms with van der Waals surface area (Å²) in [5.41, 5.74) is 1.81. The number of nitrogens with one attached hydrogen (secondary N) is 2. The van der Waals surface area contributed by atoms with E-state index < -0.39 is 0 Å². The lowest BCUT2D eigenvalue weighted by Gasteiger charge is -2.21. The molecule has 29 heavy (non-hydrogen) atoms. The maximum absolute atomic E-state index is 12.7. The lowest BCUT2D eigenvalue weighted by atomic mass is 10.0. The normalized spacial score (nSPS) is 12.6. The monoisotopic (exact) mass is 398 g/mol. The first kappa shape index (κ1) is 22.3. The van der Waals surface area contributed by atoms with Crippen molar-refractivity contribution in [1.82, 2.24) is 10.6 Å². The Morgan fingerprint density at radius 2 is 1.55 bits per heavy atom. The molecule has 2 atom stereocenters. The molecule has 6 heteroatoms. The van der Waals surface area contributed by atoms with E-state index in [-0.39, 0.29) is 30.3 Å². The minimum absolute atomic E-state index is 0.146. The van der Waals surface area contributed by atoms with Gasteiger partial charge in [-0.25, -0.2) is 0 Å². The summed E-state index contributed by atoms with van der Waals surface area (Å²) in [5.74, 6) is 1.03. The van der Waals surface area contributed by atoms with Crippen LogP contribution in [-0.4, -0.2) is 25.0 Å². The van der Waals surface area contributed by atoms with E-state index in [4.69, 9.17) is 9.47 Å². The van der Waals surface area contributed by atoms with Gasteiger partial charge in [0, 0.05) is 6.92 Å². The van der Waals surface area contributed by atoms with Crippen LogP contribution in [0, 0.1) is 0 Å². The highest BCUT2D eigenvalue weighted by Gasteiger charge is 2.19. The van der Waals surface area contributed by atoms with E-state index in [1.54, 1.807) is 0 Å². The van der Waals surface area contributed by atoms with E-state index in [9.17, 15) is 9.59 Å². The molecule has 0 spiro atoms. The van der Waals surface area contributed by atoms with Gasteiger partial charge in [-0.15, -0.1) is 0 Å². The number of carbonyl (C=O) groups excluding carboxylic acids is 2. The topological polar surface area (TPSA) is 76.7 Å². The summed E-state index contributed by atoms with van der Waals surface area (Å²) < 4.78 is 11.3. The van der Waals surface area contributed by atoms with Crippen LogP contribution in [0.1, 0.15) is 57.3 Å². The smallest absolute Gasteiger partial charge is 0.222 e. The fourth-order valence-electron chi connectivity index (χ4n) is 3.09. The van der Waals surface area contributed by atoms with Crippen molar-refractivity contribution < 1.29 is 19.1 Å². The molecule has 0 bridgehead atoms. The second kappa shape index (κ2) is 11.1. The van der Waals surface area contributed by atoms with Crippen LogP contribution in [0.2, 0.25) is 0 Å². The number of hydrogen-bond acceptors (Lipinski definition) is 4. The van der Waals surface area contributed by atoms with Crippen molar-refractivity contribution in [2.24, 2.45) is 0 Å². The quantitative estimate of drug-likeness (QED) is 0.636. The fraction of sp³-hybridized carbons (Fsp3) is 0.391. The molecule has 6 nitrogen and oxygen atoms in total. The highest BCUT2D eigenvalue weighted by molar-refractivity contribution is 5.79. The first-order valence-corrected chi connectivity index (χ1v) is 9.95. The van der Waals surface area contributed by atoms with E-state index in [0.717, 1.165) is 11.1 Å². The first-order chi connectivity index (χ1) is 13.9. The highest BCUT2D eigenvalue weighted by atomic mass is 16.5. The molecule has 2 rings (SSSR count). The number of hydrogen-bond donors (Lipinski definition) is 2. The van der Waals surface area contributed by atoms with Crippen LogP contribution in [0.25, 0.3) is 0 Å². The minimum Gasteiger partial charge on any atom is -0.490 e. The van der Waals surface area contributed by atoms with Crippen molar-refractivity contribution in [2.75, 3.05) is 13.2 Å². The third-order valence-electron chi connectivity index (χ3n) is 4.41. The van der Waals surface area contributed by atoms with E-state index in [1.165, 1.54) is 6.92 Å². The van der Waals surface area contributed by atoms with Crippen LogP contribution >= 0.6 is 0 Å². The Balaban J connectivity index is 2.08. The minimum atomic E-state index is -0.375. The van der Waals surface area contributed by atoms with E-state index in [1.807, 2.05) is 69.3 Å². The second-order valence-electron chi connectivity index (χ2n) is 6.73. The molecular formula is C23H30N2O4. The summed E-state index contributed by atoms with van der Waals surface area (Å²) in [6, 6.07) is 14.6. The van der Waals surface area contributed by atoms with Crippen LogP contribution in [-0.2, 0) is 9.59 Å². The fourth-order valence-corrected chi connectivity index (χ4v) is 3.09. The third kappa shape index (κ3) is 6.82. The van der Waals surface area contributed by atoms with E-state index in [0.29, 0.717) is 24.7 Å². The first-order valence-electron chi connectivity index (χ1n) is 9.95. The molecule has 0 aliphatic carbocycles. The molecule has 0 aliphatic heterocycles. The van der Waals surface area contributed by atoms with Crippen LogP contribution in [0.5, 0.6) is 11.5 Å². The lowest BCUT2D eigenvalue weighted by Crippen LogP contribution is -2.33. The predicted octanol–water partition coefficient (Wildman–Crippen LogP) is 3.93. The number of amides is 2. The summed E-state index contributed by atoms with van der Waals surface area (Å²) in [4.78, 5) is 24.2. The van der Waals surface area contributed by atoms with Gasteiger partial charge in [0.15, 0.2) is 11.5 Å². The third-order valence-corrected chi connectivity index (χ3v) is 4.41. The Labute approximate surface area is 172 Å². The Bertz CT molecular complexity index is 808. The summed E-state index contributed by atoms with van der Waals surface area (Å²) in [5, 5.41) is 5.85. The number of ether oxygens (including phenoxy) is 2. The van der Waals surface area contributed by atoms with E-state index in [2.05, 4.69) is 10.6 Å². The number of rotatable bonds is 10. The van der Waals surface area contributed by atoms with Gasteiger partial charge in [-0.05, 0) is 44.0 Å². The van der Waals surface area contributed by atoms with Crippen LogP contribution in [0.15, 0.2) is 48.5 Å². The maximum atomic E-state index is 12.7. The maximum Gasteiger partial charge on any atom is 0.222 e. The summed E-state index contributed by atoms with van der Waals surface area (Å²) >= 11 is 0. The molecule has 0 aromatic heterocycles. The van der Waals surface area contributed by atoms with Gasteiger partial charge in [0.05, 0.1) is 31.7 Å². The molecule has 2 amide bonds. The van der Waals surface area contributed by atoms with Crippen molar-refractivity contribution in [3.05, 3.63) is 59.7 Å². The molecule has 2 unspecified atom stereocenters. The Morgan fingerprint density at radius 3 is 2.17 bits per heavy atom. The van der Waals surface area contributed by atoms with E-state index >= 15 is 0 Å². The van der Waals surface area contributed by atoms with Gasteiger partial charge in [-0.1, -0.05) is 36.4 Å². The Morgan fingerprint density at radius 1 is 0.897 bits per heavy atom. The predicted molar refractivity (Wildman–Crippen MR) is 113 cm³/mol. The molecule has 2 aromatic rings. The van der Waals surface area contributed by atoms with Gasteiger partial charge in [-0.3, -0.25) is 9.59 Å². The molecule has 156 valence electrons. The summed E-state index contributed by atoms with van der Waals surface area (Å²) in [7, 11) is 0. The van der Waals surface area contributed by atoms with Crippen molar-refractivity contribution in [2.45, 2.75) is 46.2 Å². The van der Waals surface area contributed by atoms with Crippen LogP contribution in [0.3, 0.4) is 0 Å². The standard InChI is InChI=1S/C23H30N2O4/c1-5-28-21-13-12-19(14-22(21)29-6-2)16(3)24-23(27)15-20(25-17(4)26)18-10-8-7-9-11-18/h7-14,16,20H,5-6,15H2,1-4H3,(H,24,27)(H,25,26). The van der Waals surface area contributed by atoms with Gasteiger partial charge in [0.2, 0.25) is 11.8 Å². The summed E-state index contributed by atoms with van der Waals surface area (Å²) in [6.07, 6.45) is 0.156. The molecule has 0 aliphatic rings. The number of benzene rings is 2. The van der Waals surface area contributed by atoms with Gasteiger partial charge in [0.25, 0.3) is 0 Å². The van der Waals surface area contributed by atoms with Crippen LogP contribution in [0.4, 0.5) is 0 Å². The van der Waals surface area contributed by atoms with Crippen molar-refractivity contribution in [1.29, 1.82) is 0 Å².